The monoisotopic (exact) mass is 503 g/mol. The normalized spacial score (nSPS) is 11.5. The molecule has 0 aliphatic rings. The lowest BCUT2D eigenvalue weighted by Gasteiger charge is -2.22. The number of unbranched alkanes of at least 4 members (excludes halogenated alkanes) is 14. The Labute approximate surface area is 219 Å². The van der Waals surface area contributed by atoms with Crippen molar-refractivity contribution >= 4 is 19.7 Å². The van der Waals surface area contributed by atoms with Crippen LogP contribution in [0.25, 0.3) is 0 Å². The average molecular weight is 504 g/mol. The maximum atomic E-state index is 11.7. The Kier molecular flexibility index (Phi) is 18.9. The van der Waals surface area contributed by atoms with E-state index in [1.807, 2.05) is 31.2 Å². The summed E-state index contributed by atoms with van der Waals surface area (Å²) in [5, 5.41) is 3.45. The molecular weight excluding hydrogens is 446 g/mol. The zero-order valence-electron chi connectivity index (χ0n) is 23.8. The topological polar surface area (TPSA) is 38.3 Å². The summed E-state index contributed by atoms with van der Waals surface area (Å²) in [6.07, 6.45) is 22.5. The summed E-state index contributed by atoms with van der Waals surface area (Å²) in [5.74, 6) is -0.247. The lowest BCUT2D eigenvalue weighted by atomic mass is 10.1. The van der Waals surface area contributed by atoms with Crippen molar-refractivity contribution in [3.63, 3.8) is 0 Å². The van der Waals surface area contributed by atoms with Crippen LogP contribution >= 0.6 is 0 Å². The Hall–Kier alpha value is -1.29. The van der Waals surface area contributed by atoms with Crippen LogP contribution in [-0.2, 0) is 4.74 Å². The first kappa shape index (κ1) is 31.7. The fraction of sp³-hybridized carbons (Fsp3) is 0.774. The van der Waals surface area contributed by atoms with Gasteiger partial charge < -0.3 is 10.1 Å². The van der Waals surface area contributed by atoms with E-state index in [0.717, 1.165) is 12.2 Å². The van der Waals surface area contributed by atoms with Crippen LogP contribution < -0.4 is 5.32 Å². The highest BCUT2D eigenvalue weighted by Crippen LogP contribution is 2.23. The molecule has 0 heterocycles. The highest BCUT2D eigenvalue weighted by Gasteiger charge is 2.18. The van der Waals surface area contributed by atoms with Gasteiger partial charge in [-0.05, 0) is 37.6 Å². The fourth-order valence-electron chi connectivity index (χ4n) is 4.82. The molecule has 0 saturated carbocycles. The molecule has 0 atom stereocenters. The third-order valence-corrected chi connectivity index (χ3v) is 10.6. The van der Waals surface area contributed by atoms with E-state index < -0.39 is 8.07 Å². The van der Waals surface area contributed by atoms with Crippen LogP contribution in [0.5, 0.6) is 0 Å². The molecule has 0 bridgehead atoms. The van der Waals surface area contributed by atoms with Crippen molar-refractivity contribution in [2.24, 2.45) is 0 Å². The molecule has 4 heteroatoms. The highest BCUT2D eigenvalue weighted by atomic mass is 28.3. The molecule has 0 radical (unpaired) electrons. The van der Waals surface area contributed by atoms with Gasteiger partial charge in [0.15, 0.2) is 0 Å². The molecule has 0 saturated heterocycles. The third-order valence-electron chi connectivity index (χ3n) is 7.21. The summed E-state index contributed by atoms with van der Waals surface area (Å²) in [6.45, 7) is 10.8. The molecule has 0 spiro atoms. The van der Waals surface area contributed by atoms with E-state index >= 15 is 0 Å². The number of hydrogen-bond acceptors (Lipinski definition) is 3. The van der Waals surface area contributed by atoms with Crippen molar-refractivity contribution in [1.82, 2.24) is 0 Å². The zero-order valence-corrected chi connectivity index (χ0v) is 24.8. The lowest BCUT2D eigenvalue weighted by molar-refractivity contribution is 0.0526. The summed E-state index contributed by atoms with van der Waals surface area (Å²) in [7, 11) is -0.901. The molecule has 0 unspecified atom stereocenters. The summed E-state index contributed by atoms with van der Waals surface area (Å²) >= 11 is 0. The van der Waals surface area contributed by atoms with Gasteiger partial charge in [-0.2, -0.15) is 0 Å². The van der Waals surface area contributed by atoms with Crippen molar-refractivity contribution in [1.29, 1.82) is 0 Å². The van der Waals surface area contributed by atoms with Crippen molar-refractivity contribution < 1.29 is 9.53 Å². The van der Waals surface area contributed by atoms with Gasteiger partial charge in [-0.1, -0.05) is 128 Å². The minimum absolute atomic E-state index is 0.247. The van der Waals surface area contributed by atoms with Gasteiger partial charge in [0, 0.05) is 20.3 Å². The standard InChI is InChI=1S/C31H57NO2Si/c1-5-7-8-20-27-35(3,4)28-21-18-16-14-12-10-9-11-13-15-17-19-26-32-30-24-22-29(23-25-30)31(33)34-6-2/h22-25,32H,5-21,26-28H2,1-4H3. The van der Waals surface area contributed by atoms with Gasteiger partial charge in [-0.25, -0.2) is 4.79 Å². The number of carbonyl (C=O) groups excluding carboxylic acids is 1. The van der Waals surface area contributed by atoms with Gasteiger partial charge in [-0.3, -0.25) is 0 Å². The van der Waals surface area contributed by atoms with E-state index in [-0.39, 0.29) is 5.97 Å². The highest BCUT2D eigenvalue weighted by molar-refractivity contribution is 6.77. The van der Waals surface area contributed by atoms with Gasteiger partial charge >= 0.3 is 5.97 Å². The molecule has 0 amide bonds. The molecule has 1 aromatic carbocycles. The Morgan fingerprint density at radius 2 is 1.14 bits per heavy atom. The van der Waals surface area contributed by atoms with Gasteiger partial charge in [0.2, 0.25) is 0 Å². The number of benzene rings is 1. The van der Waals surface area contributed by atoms with Crippen LogP contribution in [0.15, 0.2) is 24.3 Å². The number of carbonyl (C=O) groups is 1. The van der Waals surface area contributed by atoms with Crippen LogP contribution in [0, 0.1) is 0 Å². The first-order chi connectivity index (χ1) is 17.0. The van der Waals surface area contributed by atoms with E-state index in [0.29, 0.717) is 12.2 Å². The first-order valence-corrected chi connectivity index (χ1v) is 18.4. The third kappa shape index (κ3) is 17.7. The number of anilines is 1. The second kappa shape index (κ2) is 20.9. The summed E-state index contributed by atoms with van der Waals surface area (Å²) in [6, 6.07) is 10.7. The first-order valence-electron chi connectivity index (χ1n) is 15.0. The Morgan fingerprint density at radius 1 is 0.686 bits per heavy atom. The molecule has 0 aromatic heterocycles. The maximum Gasteiger partial charge on any atom is 0.338 e. The van der Waals surface area contributed by atoms with Gasteiger partial charge in [0.25, 0.3) is 0 Å². The van der Waals surface area contributed by atoms with Gasteiger partial charge in [0.1, 0.15) is 0 Å². The molecule has 1 aromatic rings. The maximum absolute atomic E-state index is 11.7. The van der Waals surface area contributed by atoms with E-state index in [1.54, 1.807) is 12.1 Å². The largest absolute Gasteiger partial charge is 0.462 e. The molecule has 0 aliphatic carbocycles. The van der Waals surface area contributed by atoms with Crippen molar-refractivity contribution in [3.8, 4) is 0 Å². The number of nitrogens with one attached hydrogen (secondary N) is 1. The van der Waals surface area contributed by atoms with Crippen LogP contribution in [0.3, 0.4) is 0 Å². The predicted molar refractivity (Wildman–Crippen MR) is 158 cm³/mol. The van der Waals surface area contributed by atoms with E-state index in [2.05, 4.69) is 25.3 Å². The minimum atomic E-state index is -0.901. The van der Waals surface area contributed by atoms with Crippen LogP contribution in [0.1, 0.15) is 127 Å². The zero-order chi connectivity index (χ0) is 25.6. The lowest BCUT2D eigenvalue weighted by Crippen LogP contribution is -2.24. The molecule has 1 N–H and O–H groups in total. The molecule has 35 heavy (non-hydrogen) atoms. The molecule has 0 aliphatic heterocycles. The van der Waals surface area contributed by atoms with Crippen LogP contribution in [0.4, 0.5) is 5.69 Å². The second-order valence-corrected chi connectivity index (χ2v) is 16.5. The average Bonchev–Trinajstić information content (AvgIpc) is 2.84. The fourth-order valence-corrected chi connectivity index (χ4v) is 7.49. The van der Waals surface area contributed by atoms with Crippen LogP contribution in [-0.4, -0.2) is 27.2 Å². The number of ether oxygens (including phenoxy) is 1. The number of esters is 1. The van der Waals surface area contributed by atoms with Crippen molar-refractivity contribution in [2.75, 3.05) is 18.5 Å². The summed E-state index contributed by atoms with van der Waals surface area (Å²) < 4.78 is 5.02. The molecule has 0 fully saturated rings. The van der Waals surface area contributed by atoms with Crippen LogP contribution in [0.2, 0.25) is 25.2 Å². The summed E-state index contributed by atoms with van der Waals surface area (Å²) in [4.78, 5) is 11.7. The second-order valence-electron chi connectivity index (χ2n) is 11.2. The molecule has 202 valence electrons. The van der Waals surface area contributed by atoms with E-state index in [1.165, 1.54) is 103 Å². The van der Waals surface area contributed by atoms with E-state index in [4.69, 9.17) is 4.74 Å². The van der Waals surface area contributed by atoms with E-state index in [9.17, 15) is 4.79 Å². The Morgan fingerprint density at radius 3 is 1.63 bits per heavy atom. The molecule has 1 rings (SSSR count). The Bertz CT molecular complexity index is 629. The number of hydrogen-bond donors (Lipinski definition) is 1. The van der Waals surface area contributed by atoms with Gasteiger partial charge in [0.05, 0.1) is 12.2 Å². The van der Waals surface area contributed by atoms with Crippen molar-refractivity contribution in [2.45, 2.75) is 142 Å². The quantitative estimate of drug-likeness (QED) is 0.0916. The SMILES string of the molecule is CCCCCC[Si](C)(C)CCCCCCCCCCCCCCNc1ccc(C(=O)OCC)cc1. The van der Waals surface area contributed by atoms with Gasteiger partial charge in [-0.15, -0.1) is 0 Å². The number of rotatable bonds is 23. The Balaban J connectivity index is 1.86. The minimum Gasteiger partial charge on any atom is -0.462 e. The molecular formula is C31H57NO2Si. The predicted octanol–water partition coefficient (Wildman–Crippen LogP) is 10.2. The smallest absolute Gasteiger partial charge is 0.338 e. The molecule has 3 nitrogen and oxygen atoms in total. The van der Waals surface area contributed by atoms with Crippen molar-refractivity contribution in [3.05, 3.63) is 29.8 Å². The summed E-state index contributed by atoms with van der Waals surface area (Å²) in [5.41, 5.74) is 1.69.